The van der Waals surface area contributed by atoms with E-state index < -0.39 is 70.8 Å². The van der Waals surface area contributed by atoms with Crippen LogP contribution in [0.1, 0.15) is 47.1 Å². The summed E-state index contributed by atoms with van der Waals surface area (Å²) in [4.78, 5) is 108. The minimum absolute atomic E-state index is 0.00815. The number of carbonyl (C=O) groups is 8. The van der Waals surface area contributed by atoms with Gasteiger partial charge >= 0.3 is 11.9 Å². The van der Waals surface area contributed by atoms with E-state index in [1.165, 1.54) is 4.90 Å². The monoisotopic (exact) mass is 971 g/mol. The van der Waals surface area contributed by atoms with Gasteiger partial charge in [-0.3, -0.25) is 38.4 Å². The number of piperidine rings is 1. The molecular formula is C53H61N7O11. The van der Waals surface area contributed by atoms with E-state index in [0.29, 0.717) is 54.8 Å². The molecule has 1 saturated heterocycles. The highest BCUT2D eigenvalue weighted by atomic mass is 16.5. The molecule has 9 N–H and O–H groups in total. The Balaban J connectivity index is 1.29. The quantitative estimate of drug-likeness (QED) is 0.0629. The average Bonchev–Trinajstić information content (AvgIpc) is 3.36. The van der Waals surface area contributed by atoms with Crippen LogP contribution in [0.5, 0.6) is 0 Å². The van der Waals surface area contributed by atoms with Crippen LogP contribution in [0.3, 0.4) is 0 Å². The van der Waals surface area contributed by atoms with Gasteiger partial charge in [0.25, 0.3) is 0 Å². The zero-order valence-corrected chi connectivity index (χ0v) is 39.4. The molecule has 2 aliphatic rings. The van der Waals surface area contributed by atoms with Crippen molar-refractivity contribution in [3.05, 3.63) is 143 Å². The number of nitrogens with two attached hydrogens (primary N) is 1. The highest BCUT2D eigenvalue weighted by Crippen LogP contribution is 2.35. The SMILES string of the molecule is NCCOCCNC(=O)[C@@H]1CCNC(=O)/C=C\C(=O)N2CCC[C@](Cc3ccccc3)(C2)C(=O)N[C@@H](Cc2ccc(-c3ccc(CC(C(=O)O)C(=O)O)cc3)cc2)C(=O)NCc2ccccc2CC(=O)N1. The van der Waals surface area contributed by atoms with Crippen molar-refractivity contribution in [1.29, 1.82) is 0 Å². The molecule has 0 radical (unpaired) electrons. The van der Waals surface area contributed by atoms with Crippen LogP contribution in [0.4, 0.5) is 0 Å². The Morgan fingerprint density at radius 3 is 2.11 bits per heavy atom. The van der Waals surface area contributed by atoms with Crippen molar-refractivity contribution < 1.29 is 53.3 Å². The standard InChI is InChI=1S/C53H61N7O11/c54-23-27-71-28-25-56-48(64)43-21-24-55-45(61)19-20-47(63)60-26-6-22-53(34-60,32-37-7-2-1-3-8-37)52(70)59-44(49(65)57-33-41-10-5-4-9-40(41)31-46(62)58-43)30-36-13-17-39(18-14-36)38-15-11-35(12-16-38)29-42(50(66)67)51(68)69/h1-5,7-20,42-44H,6,21-34,54H2,(H,55,61)(H,56,64)(H,57,65)(H,58,62)(H,59,70)(H,66,67)(H,68,69)/b20-19-/t43-,44-,53-/m0/s1. The van der Waals surface area contributed by atoms with E-state index in [4.69, 9.17) is 10.5 Å². The van der Waals surface area contributed by atoms with Crippen LogP contribution in [-0.2, 0) is 75.3 Å². The van der Waals surface area contributed by atoms with Crippen LogP contribution in [0.25, 0.3) is 11.1 Å². The van der Waals surface area contributed by atoms with Gasteiger partial charge in [0.05, 0.1) is 25.0 Å². The minimum atomic E-state index is -1.58. The number of aliphatic carboxylic acids is 2. The Bertz CT molecular complexity index is 2540. The van der Waals surface area contributed by atoms with Crippen molar-refractivity contribution in [3.8, 4) is 11.1 Å². The Kier molecular flexibility index (Phi) is 19.1. The highest BCUT2D eigenvalue weighted by molar-refractivity contribution is 5.98. The van der Waals surface area contributed by atoms with Crippen LogP contribution < -0.4 is 32.3 Å². The third-order valence-corrected chi connectivity index (χ3v) is 12.6. The fourth-order valence-corrected chi connectivity index (χ4v) is 8.76. The van der Waals surface area contributed by atoms with Gasteiger partial charge in [0.1, 0.15) is 12.1 Å². The number of carbonyl (C=O) groups excluding carboxylic acids is 6. The zero-order chi connectivity index (χ0) is 50.8. The van der Waals surface area contributed by atoms with E-state index in [2.05, 4.69) is 26.6 Å². The van der Waals surface area contributed by atoms with Crippen molar-refractivity contribution in [2.24, 2.45) is 17.1 Å². The smallest absolute Gasteiger partial charge is 0.318 e. The van der Waals surface area contributed by atoms with Gasteiger partial charge in [-0.1, -0.05) is 103 Å². The molecule has 0 aliphatic carbocycles. The van der Waals surface area contributed by atoms with Gasteiger partial charge in [0, 0.05) is 57.8 Å². The van der Waals surface area contributed by atoms with Crippen molar-refractivity contribution in [1.82, 2.24) is 31.5 Å². The predicted octanol–water partition coefficient (Wildman–Crippen LogP) is 2.07. The van der Waals surface area contributed by atoms with Crippen LogP contribution in [0, 0.1) is 11.3 Å². The lowest BCUT2D eigenvalue weighted by Crippen LogP contribution is -2.58. The normalized spacial score (nSPS) is 19.9. The first-order valence-electron chi connectivity index (χ1n) is 23.7. The number of hydrogen-bond acceptors (Lipinski definition) is 10. The number of hydrogen-bond donors (Lipinski definition) is 8. The molecule has 6 amide bonds. The number of ether oxygens (including phenoxy) is 1. The first kappa shape index (κ1) is 52.7. The highest BCUT2D eigenvalue weighted by Gasteiger charge is 2.44. The summed E-state index contributed by atoms with van der Waals surface area (Å²) in [6.07, 6.45) is 3.14. The van der Waals surface area contributed by atoms with Gasteiger partial charge in [0.15, 0.2) is 5.92 Å². The second kappa shape index (κ2) is 25.8. The van der Waals surface area contributed by atoms with E-state index >= 15 is 0 Å². The lowest BCUT2D eigenvalue weighted by atomic mass is 9.74. The van der Waals surface area contributed by atoms with E-state index in [1.54, 1.807) is 48.5 Å². The average molecular weight is 972 g/mol. The molecule has 71 heavy (non-hydrogen) atoms. The van der Waals surface area contributed by atoms with Crippen molar-refractivity contribution in [2.45, 2.75) is 63.6 Å². The number of nitrogens with one attached hydrogen (secondary N) is 5. The lowest BCUT2D eigenvalue weighted by molar-refractivity contribution is -0.154. The van der Waals surface area contributed by atoms with E-state index in [9.17, 15) is 48.6 Å². The molecular weight excluding hydrogens is 911 g/mol. The number of rotatable bonds is 15. The van der Waals surface area contributed by atoms with E-state index in [1.807, 2.05) is 54.6 Å². The lowest BCUT2D eigenvalue weighted by Gasteiger charge is -2.42. The molecule has 18 nitrogen and oxygen atoms in total. The van der Waals surface area contributed by atoms with Gasteiger partial charge < -0.3 is 52.2 Å². The molecule has 2 bridgehead atoms. The topological polar surface area (TPSA) is 276 Å². The molecule has 4 aromatic rings. The van der Waals surface area contributed by atoms with Crippen LogP contribution in [0.2, 0.25) is 0 Å². The molecule has 1 fully saturated rings. The Labute approximate surface area is 411 Å². The van der Waals surface area contributed by atoms with Gasteiger partial charge in [-0.15, -0.1) is 0 Å². The summed E-state index contributed by atoms with van der Waals surface area (Å²) >= 11 is 0. The van der Waals surface area contributed by atoms with Gasteiger partial charge in [-0.2, -0.15) is 0 Å². The number of amides is 6. The van der Waals surface area contributed by atoms with Crippen LogP contribution in [0.15, 0.2) is 115 Å². The summed E-state index contributed by atoms with van der Waals surface area (Å²) in [5, 5.41) is 32.9. The maximum absolute atomic E-state index is 15.0. The molecule has 0 saturated carbocycles. The summed E-state index contributed by atoms with van der Waals surface area (Å²) in [5.41, 5.74) is 9.22. The zero-order valence-electron chi connectivity index (χ0n) is 39.4. The molecule has 6 rings (SSSR count). The van der Waals surface area contributed by atoms with Gasteiger partial charge in [-0.25, -0.2) is 0 Å². The fraction of sp³-hybridized carbons (Fsp3) is 0.358. The maximum atomic E-state index is 15.0. The number of carboxylic acid groups (broad SMARTS) is 2. The number of fused-ring (bicyclic) bond motifs is 3. The predicted molar refractivity (Wildman–Crippen MR) is 262 cm³/mol. The number of benzene rings is 4. The third kappa shape index (κ3) is 15.4. The summed E-state index contributed by atoms with van der Waals surface area (Å²) in [7, 11) is 0. The van der Waals surface area contributed by atoms with Crippen LogP contribution >= 0.6 is 0 Å². The van der Waals surface area contributed by atoms with E-state index in [-0.39, 0.29) is 64.9 Å². The van der Waals surface area contributed by atoms with Crippen molar-refractivity contribution in [2.75, 3.05) is 45.9 Å². The molecule has 2 aliphatic heterocycles. The molecule has 0 aromatic heterocycles. The van der Waals surface area contributed by atoms with Crippen molar-refractivity contribution >= 4 is 47.4 Å². The summed E-state index contributed by atoms with van der Waals surface area (Å²) in [6.45, 7) is 1.30. The second-order valence-corrected chi connectivity index (χ2v) is 17.8. The molecule has 2 heterocycles. The molecule has 0 unspecified atom stereocenters. The van der Waals surface area contributed by atoms with Crippen molar-refractivity contribution in [3.63, 3.8) is 0 Å². The first-order chi connectivity index (χ1) is 34.2. The first-order valence-corrected chi connectivity index (χ1v) is 23.7. The molecule has 0 spiro atoms. The number of carboxylic acids is 2. The summed E-state index contributed by atoms with van der Waals surface area (Å²) in [6, 6.07) is 28.6. The van der Waals surface area contributed by atoms with Gasteiger partial charge in [0.2, 0.25) is 35.4 Å². The largest absolute Gasteiger partial charge is 0.481 e. The number of nitrogens with zero attached hydrogens (tertiary/aromatic N) is 1. The maximum Gasteiger partial charge on any atom is 0.318 e. The van der Waals surface area contributed by atoms with Crippen LogP contribution in [-0.4, -0.2) is 121 Å². The minimum Gasteiger partial charge on any atom is -0.481 e. The van der Waals surface area contributed by atoms with Gasteiger partial charge in [-0.05, 0) is 71.0 Å². The molecule has 374 valence electrons. The molecule has 4 aromatic carbocycles. The summed E-state index contributed by atoms with van der Waals surface area (Å²) in [5.74, 6) is -7.39. The molecule has 3 atom stereocenters. The molecule has 18 heteroatoms. The Morgan fingerprint density at radius 1 is 0.775 bits per heavy atom. The Morgan fingerprint density at radius 2 is 1.44 bits per heavy atom. The Hall–Kier alpha value is -7.70. The third-order valence-electron chi connectivity index (χ3n) is 12.6. The second-order valence-electron chi connectivity index (χ2n) is 17.8. The van der Waals surface area contributed by atoms with E-state index in [0.717, 1.165) is 28.8 Å². The summed E-state index contributed by atoms with van der Waals surface area (Å²) < 4.78 is 5.36. The fourth-order valence-electron chi connectivity index (χ4n) is 8.76.